The summed E-state index contributed by atoms with van der Waals surface area (Å²) in [7, 11) is -0.0436. The molecule has 1 N–H and O–H groups in total. The molecule has 1 aromatic heterocycles. The summed E-state index contributed by atoms with van der Waals surface area (Å²) in [5.74, 6) is 0.635. The smallest absolute Gasteiger partial charge is 0.276 e. The fourth-order valence-corrected chi connectivity index (χ4v) is 3.71. The van der Waals surface area contributed by atoms with Crippen molar-refractivity contribution in [1.82, 2.24) is 9.62 Å². The Labute approximate surface area is 108 Å². The van der Waals surface area contributed by atoms with E-state index in [9.17, 15) is 8.42 Å². The van der Waals surface area contributed by atoms with E-state index in [1.165, 1.54) is 10.4 Å². The minimum Gasteiger partial charge on any atom is -0.447 e. The molecule has 102 valence electrons. The molecule has 0 spiro atoms. The first kappa shape index (κ1) is 13.6. The van der Waals surface area contributed by atoms with E-state index in [4.69, 9.17) is 4.42 Å². The molecule has 1 saturated carbocycles. The van der Waals surface area contributed by atoms with Gasteiger partial charge >= 0.3 is 0 Å². The van der Waals surface area contributed by atoms with Gasteiger partial charge < -0.3 is 9.73 Å². The molecule has 5 nitrogen and oxygen atoms in total. The monoisotopic (exact) mass is 272 g/mol. The van der Waals surface area contributed by atoms with Gasteiger partial charge in [0.05, 0.1) is 6.54 Å². The lowest BCUT2D eigenvalue weighted by Crippen LogP contribution is -2.34. The minimum absolute atomic E-state index is 0.0437. The highest BCUT2D eigenvalue weighted by molar-refractivity contribution is 7.89. The van der Waals surface area contributed by atoms with Crippen molar-refractivity contribution < 1.29 is 12.8 Å². The van der Waals surface area contributed by atoms with Crippen LogP contribution in [0.3, 0.4) is 0 Å². The van der Waals surface area contributed by atoms with Gasteiger partial charge in [-0.1, -0.05) is 12.8 Å². The lowest BCUT2D eigenvalue weighted by Gasteiger charge is -2.22. The SMILES string of the molecule is CNCc1ccc(S(=O)(=O)N(C)C2CCCC2)o1. The molecule has 2 rings (SSSR count). The van der Waals surface area contributed by atoms with Crippen molar-refractivity contribution in [3.05, 3.63) is 17.9 Å². The molecule has 1 aromatic rings. The van der Waals surface area contributed by atoms with E-state index in [-0.39, 0.29) is 11.1 Å². The predicted molar refractivity (Wildman–Crippen MR) is 68.7 cm³/mol. The Balaban J connectivity index is 2.18. The van der Waals surface area contributed by atoms with Gasteiger partial charge in [-0.25, -0.2) is 8.42 Å². The van der Waals surface area contributed by atoms with Crippen LogP contribution < -0.4 is 5.32 Å². The number of nitrogens with zero attached hydrogens (tertiary/aromatic N) is 1. The Hall–Kier alpha value is -0.850. The highest BCUT2D eigenvalue weighted by Gasteiger charge is 2.32. The summed E-state index contributed by atoms with van der Waals surface area (Å²) in [5.41, 5.74) is 0. The van der Waals surface area contributed by atoms with E-state index >= 15 is 0 Å². The van der Waals surface area contributed by atoms with Crippen LogP contribution in [0.5, 0.6) is 0 Å². The second kappa shape index (κ2) is 5.42. The molecule has 1 heterocycles. The first-order valence-electron chi connectivity index (χ1n) is 6.27. The normalized spacial score (nSPS) is 17.7. The number of hydrogen-bond acceptors (Lipinski definition) is 4. The fraction of sp³-hybridized carbons (Fsp3) is 0.667. The van der Waals surface area contributed by atoms with Gasteiger partial charge in [0.15, 0.2) is 0 Å². The van der Waals surface area contributed by atoms with E-state index in [0.717, 1.165) is 25.7 Å². The van der Waals surface area contributed by atoms with Crippen LogP contribution in [-0.4, -0.2) is 32.9 Å². The van der Waals surface area contributed by atoms with Crippen LogP contribution in [-0.2, 0) is 16.6 Å². The lowest BCUT2D eigenvalue weighted by molar-refractivity contribution is 0.344. The molecule has 0 amide bonds. The summed E-state index contributed by atoms with van der Waals surface area (Å²) in [6.45, 7) is 0.530. The number of rotatable bonds is 5. The van der Waals surface area contributed by atoms with Crippen molar-refractivity contribution in [1.29, 1.82) is 0 Å². The van der Waals surface area contributed by atoms with Crippen LogP contribution in [0.15, 0.2) is 21.6 Å². The first-order valence-corrected chi connectivity index (χ1v) is 7.71. The summed E-state index contributed by atoms with van der Waals surface area (Å²) in [6.07, 6.45) is 4.10. The van der Waals surface area contributed by atoms with Crippen molar-refractivity contribution in [3.63, 3.8) is 0 Å². The van der Waals surface area contributed by atoms with Gasteiger partial charge in [-0.05, 0) is 32.0 Å². The van der Waals surface area contributed by atoms with Crippen molar-refractivity contribution in [2.24, 2.45) is 0 Å². The van der Waals surface area contributed by atoms with Crippen molar-refractivity contribution in [3.8, 4) is 0 Å². The average molecular weight is 272 g/mol. The maximum absolute atomic E-state index is 12.3. The van der Waals surface area contributed by atoms with Crippen LogP contribution in [0.1, 0.15) is 31.4 Å². The molecule has 1 aliphatic carbocycles. The average Bonchev–Trinajstić information content (AvgIpc) is 2.99. The zero-order chi connectivity index (χ0) is 13.2. The molecule has 0 atom stereocenters. The van der Waals surface area contributed by atoms with Crippen molar-refractivity contribution in [2.45, 2.75) is 43.4 Å². The Bertz CT molecular complexity index is 489. The molecule has 1 fully saturated rings. The van der Waals surface area contributed by atoms with Gasteiger partial charge in [0.25, 0.3) is 10.0 Å². The van der Waals surface area contributed by atoms with Gasteiger partial charge in [-0.15, -0.1) is 0 Å². The van der Waals surface area contributed by atoms with Crippen LogP contribution in [0.25, 0.3) is 0 Å². The second-order valence-corrected chi connectivity index (χ2v) is 6.64. The Morgan fingerprint density at radius 1 is 1.39 bits per heavy atom. The van der Waals surface area contributed by atoms with Crippen LogP contribution in [0.2, 0.25) is 0 Å². The highest BCUT2D eigenvalue weighted by atomic mass is 32.2. The largest absolute Gasteiger partial charge is 0.447 e. The molecule has 6 heteroatoms. The number of sulfonamides is 1. The van der Waals surface area contributed by atoms with Gasteiger partial charge in [0.2, 0.25) is 5.09 Å². The number of nitrogens with one attached hydrogen (secondary N) is 1. The Morgan fingerprint density at radius 2 is 2.06 bits per heavy atom. The molecule has 0 bridgehead atoms. The zero-order valence-electron chi connectivity index (χ0n) is 10.8. The summed E-state index contributed by atoms with van der Waals surface area (Å²) in [4.78, 5) is 0. The Morgan fingerprint density at radius 3 is 2.67 bits per heavy atom. The van der Waals surface area contributed by atoms with Crippen molar-refractivity contribution in [2.75, 3.05) is 14.1 Å². The van der Waals surface area contributed by atoms with E-state index in [2.05, 4.69) is 5.32 Å². The molecular formula is C12H20N2O3S. The van der Waals surface area contributed by atoms with Gasteiger partial charge in [0, 0.05) is 13.1 Å². The predicted octanol–water partition coefficient (Wildman–Crippen LogP) is 1.56. The maximum Gasteiger partial charge on any atom is 0.276 e. The van der Waals surface area contributed by atoms with Gasteiger partial charge in [-0.2, -0.15) is 4.31 Å². The highest BCUT2D eigenvalue weighted by Crippen LogP contribution is 2.27. The van der Waals surface area contributed by atoms with Gasteiger partial charge in [-0.3, -0.25) is 0 Å². The van der Waals surface area contributed by atoms with E-state index in [1.807, 2.05) is 0 Å². The quantitative estimate of drug-likeness (QED) is 0.883. The Kier molecular flexibility index (Phi) is 4.09. The van der Waals surface area contributed by atoms with Crippen LogP contribution in [0, 0.1) is 0 Å². The van der Waals surface area contributed by atoms with Crippen LogP contribution in [0.4, 0.5) is 0 Å². The lowest BCUT2D eigenvalue weighted by atomic mass is 10.3. The summed E-state index contributed by atoms with van der Waals surface area (Å²) in [5, 5.41) is 2.97. The third-order valence-electron chi connectivity index (χ3n) is 3.46. The molecule has 0 saturated heterocycles. The summed E-state index contributed by atoms with van der Waals surface area (Å²) in [6, 6.07) is 3.35. The van der Waals surface area contributed by atoms with Gasteiger partial charge in [0.1, 0.15) is 5.76 Å². The van der Waals surface area contributed by atoms with E-state index in [1.54, 1.807) is 20.2 Å². The van der Waals surface area contributed by atoms with Crippen LogP contribution >= 0.6 is 0 Å². The third-order valence-corrected chi connectivity index (χ3v) is 5.24. The molecule has 18 heavy (non-hydrogen) atoms. The topological polar surface area (TPSA) is 62.6 Å². The molecule has 0 unspecified atom stereocenters. The molecular weight excluding hydrogens is 252 g/mol. The molecule has 0 radical (unpaired) electrons. The standard InChI is InChI=1S/C12H20N2O3S/c1-13-9-11-7-8-12(17-11)18(15,16)14(2)10-5-3-4-6-10/h7-8,10,13H,3-6,9H2,1-2H3. The number of furan rings is 1. The number of hydrogen-bond donors (Lipinski definition) is 1. The molecule has 0 aliphatic heterocycles. The first-order chi connectivity index (χ1) is 8.55. The van der Waals surface area contributed by atoms with E-state index < -0.39 is 10.0 Å². The second-order valence-electron chi connectivity index (χ2n) is 4.71. The van der Waals surface area contributed by atoms with E-state index in [0.29, 0.717) is 12.3 Å². The minimum atomic E-state index is -3.48. The summed E-state index contributed by atoms with van der Waals surface area (Å²) < 4.78 is 31.5. The summed E-state index contributed by atoms with van der Waals surface area (Å²) >= 11 is 0. The fourth-order valence-electron chi connectivity index (χ4n) is 2.37. The molecule has 1 aliphatic rings. The maximum atomic E-state index is 12.3. The van der Waals surface area contributed by atoms with Crippen molar-refractivity contribution >= 4 is 10.0 Å². The zero-order valence-corrected chi connectivity index (χ0v) is 11.7. The third kappa shape index (κ3) is 2.60. The molecule has 0 aromatic carbocycles.